The smallest absolute Gasteiger partial charge is 0.264 e. The molecule has 1 aliphatic rings. The Morgan fingerprint density at radius 3 is 2.58 bits per heavy atom. The number of methoxy groups -OCH3 is 1. The first-order valence-corrected chi connectivity index (χ1v) is 8.76. The number of hydrogen-bond donors (Lipinski definition) is 2. The van der Waals surface area contributed by atoms with Gasteiger partial charge in [0, 0.05) is 5.69 Å². The fraction of sp³-hybridized carbons (Fsp3) is 0.0556. The van der Waals surface area contributed by atoms with Crippen LogP contribution in [0.4, 0.5) is 10.1 Å². The van der Waals surface area contributed by atoms with Crippen LogP contribution in [-0.2, 0) is 4.79 Å². The average molecular weight is 387 g/mol. The first-order valence-electron chi connectivity index (χ1n) is 7.54. The molecule has 132 valence electrons. The molecule has 0 saturated carbocycles. The van der Waals surface area contributed by atoms with Crippen LogP contribution in [0.3, 0.4) is 0 Å². The lowest BCUT2D eigenvalue weighted by atomic mass is 10.2. The molecule has 0 unspecified atom stereocenters. The minimum Gasteiger partial charge on any atom is -0.497 e. The van der Waals surface area contributed by atoms with Crippen molar-refractivity contribution in [2.75, 3.05) is 12.4 Å². The number of amides is 1. The van der Waals surface area contributed by atoms with Crippen LogP contribution in [0.25, 0.3) is 6.08 Å². The molecule has 1 heterocycles. The Morgan fingerprint density at radius 2 is 1.92 bits per heavy atom. The van der Waals surface area contributed by atoms with E-state index in [1.807, 2.05) is 24.3 Å². The third kappa shape index (κ3) is 4.68. The highest BCUT2D eigenvalue weighted by Crippen LogP contribution is 2.26. The number of thioether (sulfide) groups is 1. The van der Waals surface area contributed by atoms with Gasteiger partial charge in [-0.2, -0.15) is 4.99 Å². The van der Waals surface area contributed by atoms with Gasteiger partial charge >= 0.3 is 0 Å². The number of thiocarbonyl (C=S) groups is 1. The number of anilines is 1. The molecule has 0 bridgehead atoms. The van der Waals surface area contributed by atoms with Crippen LogP contribution < -0.4 is 15.4 Å². The highest BCUT2D eigenvalue weighted by Gasteiger charge is 2.24. The second-order valence-corrected chi connectivity index (χ2v) is 6.61. The number of halogens is 1. The van der Waals surface area contributed by atoms with Gasteiger partial charge in [0.1, 0.15) is 11.6 Å². The first-order chi connectivity index (χ1) is 12.5. The maximum atomic E-state index is 12.9. The van der Waals surface area contributed by atoms with Crippen LogP contribution in [0.1, 0.15) is 5.56 Å². The fourth-order valence-electron chi connectivity index (χ4n) is 2.11. The Kier molecular flexibility index (Phi) is 5.65. The van der Waals surface area contributed by atoms with E-state index < -0.39 is 0 Å². The zero-order chi connectivity index (χ0) is 18.5. The van der Waals surface area contributed by atoms with Crippen molar-refractivity contribution in [2.24, 2.45) is 4.99 Å². The van der Waals surface area contributed by atoms with E-state index in [0.29, 0.717) is 15.8 Å². The molecular formula is C18H14FN3O2S2. The molecule has 0 spiro atoms. The van der Waals surface area contributed by atoms with E-state index in [-0.39, 0.29) is 16.8 Å². The molecule has 1 fully saturated rings. The summed E-state index contributed by atoms with van der Waals surface area (Å²) in [6.45, 7) is 0. The number of ether oxygens (including phenoxy) is 1. The molecule has 26 heavy (non-hydrogen) atoms. The molecular weight excluding hydrogens is 373 g/mol. The largest absolute Gasteiger partial charge is 0.497 e. The molecule has 5 nitrogen and oxygen atoms in total. The zero-order valence-corrected chi connectivity index (χ0v) is 15.3. The number of hydrogen-bond acceptors (Lipinski definition) is 4. The minimum atomic E-state index is -0.334. The predicted octanol–water partition coefficient (Wildman–Crippen LogP) is 3.79. The molecule has 0 radical (unpaired) electrons. The quantitative estimate of drug-likeness (QED) is 0.620. The molecule has 1 saturated heterocycles. The Morgan fingerprint density at radius 1 is 1.23 bits per heavy atom. The Balaban J connectivity index is 1.67. The second kappa shape index (κ2) is 8.11. The Hall–Kier alpha value is -2.71. The summed E-state index contributed by atoms with van der Waals surface area (Å²) in [7, 11) is 1.60. The third-order valence-corrected chi connectivity index (χ3v) is 4.47. The van der Waals surface area contributed by atoms with E-state index >= 15 is 0 Å². The van der Waals surface area contributed by atoms with Crippen molar-refractivity contribution in [3.63, 3.8) is 0 Å². The van der Waals surface area contributed by atoms with E-state index in [0.717, 1.165) is 11.3 Å². The maximum absolute atomic E-state index is 12.9. The first kappa shape index (κ1) is 18.1. The van der Waals surface area contributed by atoms with Crippen LogP contribution in [0.2, 0.25) is 0 Å². The number of aliphatic imine (C=N–C) groups is 1. The molecule has 1 aliphatic heterocycles. The normalized spacial score (nSPS) is 16.6. The van der Waals surface area contributed by atoms with E-state index in [1.165, 1.54) is 23.9 Å². The van der Waals surface area contributed by atoms with Crippen LogP contribution in [0.5, 0.6) is 5.75 Å². The third-order valence-electron chi connectivity index (χ3n) is 3.36. The van der Waals surface area contributed by atoms with Crippen molar-refractivity contribution in [1.82, 2.24) is 5.32 Å². The van der Waals surface area contributed by atoms with Gasteiger partial charge in [0.25, 0.3) is 5.91 Å². The van der Waals surface area contributed by atoms with Crippen molar-refractivity contribution in [3.8, 4) is 5.75 Å². The lowest BCUT2D eigenvalue weighted by molar-refractivity contribution is -0.115. The van der Waals surface area contributed by atoms with Gasteiger partial charge in [0.15, 0.2) is 10.3 Å². The fourth-order valence-corrected chi connectivity index (χ4v) is 3.20. The van der Waals surface area contributed by atoms with Crippen LogP contribution >= 0.6 is 24.0 Å². The standard InChI is InChI=1S/C18H14FN3O2S2/c1-24-14-8-2-11(3-9-14)10-15-16(23)21-18(26-15)22-17(25)20-13-6-4-12(19)5-7-13/h2-10H,1H3,(H2,20,21,22,23,25)/b15-10+. The molecule has 0 atom stereocenters. The number of amidine groups is 1. The van der Waals surface area contributed by atoms with E-state index in [9.17, 15) is 9.18 Å². The summed E-state index contributed by atoms with van der Waals surface area (Å²) in [4.78, 5) is 16.8. The lowest BCUT2D eigenvalue weighted by Gasteiger charge is -2.03. The summed E-state index contributed by atoms with van der Waals surface area (Å²) >= 11 is 6.35. The lowest BCUT2D eigenvalue weighted by Crippen LogP contribution is -2.21. The SMILES string of the molecule is COc1ccc(/C=C2/S/C(=N\C(=S)Nc3ccc(F)cc3)NC2=O)cc1. The molecule has 2 N–H and O–H groups in total. The topological polar surface area (TPSA) is 62.7 Å². The number of nitrogens with zero attached hydrogens (tertiary/aromatic N) is 1. The Labute approximate surface area is 159 Å². The van der Waals surface area contributed by atoms with Gasteiger partial charge in [0.2, 0.25) is 0 Å². The van der Waals surface area contributed by atoms with Crippen molar-refractivity contribution in [2.45, 2.75) is 0 Å². The summed E-state index contributed by atoms with van der Waals surface area (Å²) in [5, 5.41) is 6.09. The maximum Gasteiger partial charge on any atom is 0.264 e. The van der Waals surface area contributed by atoms with Crippen molar-refractivity contribution in [3.05, 3.63) is 64.8 Å². The molecule has 3 rings (SSSR count). The van der Waals surface area contributed by atoms with E-state index in [4.69, 9.17) is 17.0 Å². The zero-order valence-electron chi connectivity index (χ0n) is 13.7. The highest BCUT2D eigenvalue weighted by atomic mass is 32.2. The number of benzene rings is 2. The van der Waals surface area contributed by atoms with Crippen LogP contribution in [0.15, 0.2) is 58.4 Å². The predicted molar refractivity (Wildman–Crippen MR) is 107 cm³/mol. The monoisotopic (exact) mass is 387 g/mol. The van der Waals surface area contributed by atoms with E-state index in [2.05, 4.69) is 15.6 Å². The summed E-state index contributed by atoms with van der Waals surface area (Å²) in [5.41, 5.74) is 1.49. The summed E-state index contributed by atoms with van der Waals surface area (Å²) < 4.78 is 18.0. The van der Waals surface area contributed by atoms with Crippen LogP contribution in [0, 0.1) is 5.82 Å². The molecule has 0 aromatic heterocycles. The number of carbonyl (C=O) groups excluding carboxylic acids is 1. The molecule has 2 aromatic carbocycles. The van der Waals surface area contributed by atoms with Gasteiger partial charge in [-0.3, -0.25) is 4.79 Å². The Bertz CT molecular complexity index is 894. The summed E-state index contributed by atoms with van der Waals surface area (Å²) in [6, 6.07) is 13.1. The number of nitrogens with one attached hydrogen (secondary N) is 2. The molecule has 2 aromatic rings. The molecule has 0 aliphatic carbocycles. The molecule has 1 amide bonds. The van der Waals surface area contributed by atoms with Crippen molar-refractivity contribution in [1.29, 1.82) is 0 Å². The summed E-state index contributed by atoms with van der Waals surface area (Å²) in [6.07, 6.45) is 1.76. The summed E-state index contributed by atoms with van der Waals surface area (Å²) in [5.74, 6) is 0.170. The second-order valence-electron chi connectivity index (χ2n) is 5.19. The number of carbonyl (C=O) groups is 1. The minimum absolute atomic E-state index is 0.171. The van der Waals surface area contributed by atoms with E-state index in [1.54, 1.807) is 25.3 Å². The highest BCUT2D eigenvalue weighted by molar-refractivity contribution is 8.18. The van der Waals surface area contributed by atoms with Gasteiger partial charge < -0.3 is 15.4 Å². The van der Waals surface area contributed by atoms with Crippen molar-refractivity contribution < 1.29 is 13.9 Å². The van der Waals surface area contributed by atoms with Crippen LogP contribution in [-0.4, -0.2) is 23.3 Å². The number of rotatable bonds is 3. The van der Waals surface area contributed by atoms with Gasteiger partial charge in [0.05, 0.1) is 12.0 Å². The molecule has 8 heteroatoms. The average Bonchev–Trinajstić information content (AvgIpc) is 2.96. The van der Waals surface area contributed by atoms with Gasteiger partial charge in [-0.25, -0.2) is 4.39 Å². The van der Waals surface area contributed by atoms with Gasteiger partial charge in [-0.1, -0.05) is 12.1 Å². The van der Waals surface area contributed by atoms with Gasteiger partial charge in [-0.15, -0.1) is 0 Å². The van der Waals surface area contributed by atoms with Gasteiger partial charge in [-0.05, 0) is 72.0 Å². The van der Waals surface area contributed by atoms with Crippen molar-refractivity contribution >= 4 is 51.9 Å².